The molecule has 0 radical (unpaired) electrons. The van der Waals surface area contributed by atoms with Crippen LogP contribution in [0.3, 0.4) is 0 Å². The number of hydrogen-bond donors (Lipinski definition) is 1. The highest BCUT2D eigenvalue weighted by atomic mass is 32.1. The molecule has 172 valence electrons. The van der Waals surface area contributed by atoms with Gasteiger partial charge in [0.2, 0.25) is 6.41 Å². The number of aryl methyl sites for hydroxylation is 2. The third-order valence-corrected chi connectivity index (χ3v) is 6.57. The van der Waals surface area contributed by atoms with Gasteiger partial charge < -0.3 is 15.1 Å². The lowest BCUT2D eigenvalue weighted by Gasteiger charge is -2.34. The number of fused-ring (bicyclic) bond motifs is 4. The van der Waals surface area contributed by atoms with E-state index in [0.29, 0.717) is 22.8 Å². The van der Waals surface area contributed by atoms with E-state index in [1.54, 1.807) is 12.1 Å². The molecule has 0 fully saturated rings. The number of nitrogens with one attached hydrogen (secondary N) is 1. The second-order valence-electron chi connectivity index (χ2n) is 7.71. The van der Waals surface area contributed by atoms with Crippen LogP contribution in [0.1, 0.15) is 16.1 Å². The van der Waals surface area contributed by atoms with Crippen LogP contribution in [-0.2, 0) is 11.0 Å². The Morgan fingerprint density at radius 2 is 1.97 bits per heavy atom. The molecule has 2 aliphatic heterocycles. The number of likely N-dealkylation sites (N-methyl/N-ethyl adjacent to an activating group) is 1. The van der Waals surface area contributed by atoms with E-state index in [1.807, 2.05) is 33.2 Å². The summed E-state index contributed by atoms with van der Waals surface area (Å²) >= 11 is 1.49. The normalized spacial score (nSPS) is 16.2. The Hall–Kier alpha value is -3.40. The van der Waals surface area contributed by atoms with Crippen molar-refractivity contribution < 1.29 is 18.0 Å². The lowest BCUT2D eigenvalue weighted by molar-refractivity contribution is -0.137. The monoisotopic (exact) mass is 473 g/mol. The highest BCUT2D eigenvalue weighted by Gasteiger charge is 2.32. The van der Waals surface area contributed by atoms with Crippen molar-refractivity contribution in [2.24, 2.45) is 0 Å². The number of alkyl halides is 3. The standard InChI is InChI=1S/C17H14F3N3.C6H8N2OS/c1-22-13-7-8-23(10-13)15-6-5-14(21-16(15)22)11-3-2-4-12(9-11)17(18,19)20;1-4-5(2)10-6(8-4)7-3-9/h2-9,13H,10H2,1H3;3H,1-2H3,(H,7,8,9)/t13-;/m0./s1. The summed E-state index contributed by atoms with van der Waals surface area (Å²) in [6.45, 7) is 4.78. The fraction of sp³-hybridized carbons (Fsp3) is 0.261. The van der Waals surface area contributed by atoms with Gasteiger partial charge in [0, 0.05) is 30.2 Å². The fourth-order valence-electron chi connectivity index (χ4n) is 3.64. The van der Waals surface area contributed by atoms with Gasteiger partial charge in [0.1, 0.15) is 0 Å². The molecule has 2 bridgehead atoms. The lowest BCUT2D eigenvalue weighted by Crippen LogP contribution is -2.40. The molecule has 0 unspecified atom stereocenters. The summed E-state index contributed by atoms with van der Waals surface area (Å²) in [5.74, 6) is 0.793. The van der Waals surface area contributed by atoms with Crippen LogP contribution in [0, 0.1) is 13.8 Å². The summed E-state index contributed by atoms with van der Waals surface area (Å²) in [4.78, 5) is 24.0. The molecule has 0 saturated heterocycles. The average Bonchev–Trinajstić information content (AvgIpc) is 3.36. The molecule has 33 heavy (non-hydrogen) atoms. The zero-order chi connectivity index (χ0) is 23.8. The van der Waals surface area contributed by atoms with Crippen LogP contribution in [0.25, 0.3) is 11.3 Å². The smallest absolute Gasteiger partial charge is 0.350 e. The van der Waals surface area contributed by atoms with Crippen LogP contribution in [0.5, 0.6) is 0 Å². The first-order valence-corrected chi connectivity index (χ1v) is 11.0. The number of thiazole rings is 1. The van der Waals surface area contributed by atoms with Gasteiger partial charge in [-0.2, -0.15) is 13.2 Å². The molecule has 1 N–H and O–H groups in total. The zero-order valence-electron chi connectivity index (χ0n) is 18.2. The van der Waals surface area contributed by atoms with E-state index in [4.69, 9.17) is 0 Å². The van der Waals surface area contributed by atoms with Gasteiger partial charge in [-0.1, -0.05) is 12.1 Å². The maximum atomic E-state index is 12.9. The minimum atomic E-state index is -4.35. The number of aromatic nitrogens is 2. The molecule has 3 aromatic rings. The topological polar surface area (TPSA) is 61.4 Å². The summed E-state index contributed by atoms with van der Waals surface area (Å²) in [6, 6.07) is 9.23. The number of halogens is 3. The van der Waals surface area contributed by atoms with E-state index in [-0.39, 0.29) is 6.04 Å². The molecule has 0 aliphatic carbocycles. The maximum absolute atomic E-state index is 12.9. The van der Waals surface area contributed by atoms with Gasteiger partial charge in [0.15, 0.2) is 10.9 Å². The van der Waals surface area contributed by atoms with Gasteiger partial charge in [-0.25, -0.2) is 9.97 Å². The van der Waals surface area contributed by atoms with Gasteiger partial charge in [0.05, 0.1) is 28.7 Å². The molecule has 1 aromatic carbocycles. The van der Waals surface area contributed by atoms with Crippen molar-refractivity contribution in [3.8, 4) is 11.3 Å². The molecule has 0 spiro atoms. The fourth-order valence-corrected chi connectivity index (χ4v) is 4.41. The molecule has 1 atom stereocenters. The van der Waals surface area contributed by atoms with E-state index in [2.05, 4.69) is 31.2 Å². The predicted octanol–water partition coefficient (Wildman–Crippen LogP) is 5.25. The lowest BCUT2D eigenvalue weighted by atomic mass is 10.1. The number of anilines is 3. The minimum Gasteiger partial charge on any atom is -0.350 e. The van der Waals surface area contributed by atoms with Crippen molar-refractivity contribution >= 4 is 34.4 Å². The molecule has 10 heteroatoms. The van der Waals surface area contributed by atoms with Gasteiger partial charge in [0.25, 0.3) is 0 Å². The van der Waals surface area contributed by atoms with E-state index >= 15 is 0 Å². The van der Waals surface area contributed by atoms with Crippen molar-refractivity contribution in [1.82, 2.24) is 9.97 Å². The third-order valence-electron chi connectivity index (χ3n) is 5.56. The van der Waals surface area contributed by atoms with Crippen LogP contribution < -0.4 is 15.1 Å². The Bertz CT molecular complexity index is 1190. The first kappa shape index (κ1) is 22.8. The van der Waals surface area contributed by atoms with E-state index in [0.717, 1.165) is 40.8 Å². The van der Waals surface area contributed by atoms with Crippen LogP contribution in [-0.4, -0.2) is 36.0 Å². The highest BCUT2D eigenvalue weighted by molar-refractivity contribution is 7.15. The Balaban J connectivity index is 0.000000219. The first-order valence-electron chi connectivity index (χ1n) is 10.2. The molecule has 0 saturated carbocycles. The second kappa shape index (κ2) is 8.86. The Kier molecular flexibility index (Phi) is 6.11. The summed E-state index contributed by atoms with van der Waals surface area (Å²) in [7, 11) is 1.96. The average molecular weight is 474 g/mol. The van der Waals surface area contributed by atoms with Gasteiger partial charge in [-0.3, -0.25) is 4.79 Å². The van der Waals surface area contributed by atoms with E-state index in [9.17, 15) is 18.0 Å². The Morgan fingerprint density at radius 1 is 1.18 bits per heavy atom. The SMILES string of the molecule is CN1c2nc(-c3cccc(C(F)(F)F)c3)ccc2N2C=C[C@H]1C2.Cc1nc(NC=O)sc1C. The van der Waals surface area contributed by atoms with Crippen LogP contribution in [0.4, 0.5) is 29.8 Å². The second-order valence-corrected chi connectivity index (χ2v) is 8.92. The number of hydrogen-bond acceptors (Lipinski definition) is 6. The minimum absolute atomic E-state index is 0.256. The predicted molar refractivity (Wildman–Crippen MR) is 125 cm³/mol. The number of carbonyl (C=O) groups excluding carboxylic acids is 1. The largest absolute Gasteiger partial charge is 0.416 e. The van der Waals surface area contributed by atoms with Crippen molar-refractivity contribution in [3.63, 3.8) is 0 Å². The number of benzene rings is 1. The quantitative estimate of drug-likeness (QED) is 0.527. The summed E-state index contributed by atoms with van der Waals surface area (Å²) < 4.78 is 38.7. The van der Waals surface area contributed by atoms with E-state index in [1.165, 1.54) is 17.4 Å². The summed E-state index contributed by atoms with van der Waals surface area (Å²) in [6.07, 6.45) is 0.414. The van der Waals surface area contributed by atoms with Crippen molar-refractivity contribution in [1.29, 1.82) is 0 Å². The number of nitrogens with zero attached hydrogens (tertiary/aromatic N) is 4. The van der Waals surface area contributed by atoms with Crippen molar-refractivity contribution in [2.75, 3.05) is 28.7 Å². The van der Waals surface area contributed by atoms with Crippen molar-refractivity contribution in [2.45, 2.75) is 26.1 Å². The van der Waals surface area contributed by atoms with Crippen LogP contribution in [0.2, 0.25) is 0 Å². The Labute approximate surface area is 193 Å². The third kappa shape index (κ3) is 4.70. The van der Waals surface area contributed by atoms with E-state index < -0.39 is 11.7 Å². The summed E-state index contributed by atoms with van der Waals surface area (Å²) in [5, 5.41) is 3.17. The van der Waals surface area contributed by atoms with Crippen LogP contribution >= 0.6 is 11.3 Å². The van der Waals surface area contributed by atoms with Gasteiger partial charge >= 0.3 is 6.18 Å². The maximum Gasteiger partial charge on any atom is 0.416 e. The van der Waals surface area contributed by atoms with Crippen molar-refractivity contribution in [3.05, 3.63) is 64.8 Å². The van der Waals surface area contributed by atoms with Crippen LogP contribution in [0.15, 0.2) is 48.7 Å². The highest BCUT2D eigenvalue weighted by Crippen LogP contribution is 2.39. The first-order chi connectivity index (χ1) is 15.7. The molecular weight excluding hydrogens is 451 g/mol. The Morgan fingerprint density at radius 3 is 2.64 bits per heavy atom. The van der Waals surface area contributed by atoms with Gasteiger partial charge in [-0.05, 0) is 44.2 Å². The molecule has 2 aromatic heterocycles. The summed E-state index contributed by atoms with van der Waals surface area (Å²) in [5.41, 5.74) is 2.32. The molecule has 4 heterocycles. The zero-order valence-corrected chi connectivity index (χ0v) is 19.0. The number of carbonyl (C=O) groups is 1. The molecule has 6 nitrogen and oxygen atoms in total. The molecule has 5 rings (SSSR count). The molecular formula is C23H22F3N5OS. The molecule has 2 aliphatic rings. The number of pyridine rings is 1. The number of rotatable bonds is 3. The van der Waals surface area contributed by atoms with Gasteiger partial charge in [-0.15, -0.1) is 11.3 Å². The number of amides is 1. The molecule has 1 amide bonds.